The molecule has 0 heterocycles. The van der Waals surface area contributed by atoms with Gasteiger partial charge in [0, 0.05) is 0 Å². The molecular formula is C15H20O3S. The van der Waals surface area contributed by atoms with Gasteiger partial charge in [0.25, 0.3) is 10.1 Å². The molecule has 3 atom stereocenters. The summed E-state index contributed by atoms with van der Waals surface area (Å²) in [6.07, 6.45) is 5.41. The first-order chi connectivity index (χ1) is 9.04. The molecule has 0 unspecified atom stereocenters. The fourth-order valence-corrected chi connectivity index (χ4v) is 4.56. The highest BCUT2D eigenvalue weighted by atomic mass is 32.2. The Morgan fingerprint density at radius 2 is 1.74 bits per heavy atom. The molecule has 104 valence electrons. The van der Waals surface area contributed by atoms with Crippen LogP contribution in [-0.2, 0) is 14.3 Å². The Balaban J connectivity index is 1.76. The van der Waals surface area contributed by atoms with Gasteiger partial charge in [-0.3, -0.25) is 4.18 Å². The summed E-state index contributed by atoms with van der Waals surface area (Å²) < 4.78 is 30.0. The van der Waals surface area contributed by atoms with Crippen LogP contribution in [0.1, 0.15) is 37.7 Å². The van der Waals surface area contributed by atoms with Gasteiger partial charge in [0.2, 0.25) is 0 Å². The van der Waals surface area contributed by atoms with Gasteiger partial charge in [0.1, 0.15) is 0 Å². The van der Waals surface area contributed by atoms with Gasteiger partial charge in [-0.1, -0.05) is 24.1 Å². The number of hydrogen-bond acceptors (Lipinski definition) is 3. The fourth-order valence-electron chi connectivity index (χ4n) is 3.40. The van der Waals surface area contributed by atoms with E-state index in [4.69, 9.17) is 4.18 Å². The third-order valence-corrected chi connectivity index (χ3v) is 5.88. The molecule has 0 spiro atoms. The van der Waals surface area contributed by atoms with Crippen molar-refractivity contribution < 1.29 is 12.6 Å². The third kappa shape index (κ3) is 2.70. The van der Waals surface area contributed by atoms with E-state index in [0.717, 1.165) is 37.2 Å². The molecule has 2 aliphatic rings. The maximum Gasteiger partial charge on any atom is 0.297 e. The lowest BCUT2D eigenvalue weighted by Gasteiger charge is -2.28. The van der Waals surface area contributed by atoms with Crippen molar-refractivity contribution >= 4 is 10.1 Å². The Labute approximate surface area is 115 Å². The van der Waals surface area contributed by atoms with Gasteiger partial charge in [-0.15, -0.1) is 0 Å². The second-order valence-electron chi connectivity index (χ2n) is 5.92. The molecule has 1 aromatic rings. The summed E-state index contributed by atoms with van der Waals surface area (Å²) in [5, 5.41) is 0. The van der Waals surface area contributed by atoms with E-state index in [1.165, 1.54) is 6.42 Å². The van der Waals surface area contributed by atoms with Gasteiger partial charge in [0.15, 0.2) is 0 Å². The fraction of sp³-hybridized carbons (Fsp3) is 0.600. The van der Waals surface area contributed by atoms with Crippen molar-refractivity contribution in [2.75, 3.05) is 0 Å². The molecule has 3 nitrogen and oxygen atoms in total. The summed E-state index contributed by atoms with van der Waals surface area (Å²) in [6, 6.07) is 6.88. The van der Waals surface area contributed by atoms with E-state index in [1.807, 2.05) is 19.1 Å². The molecule has 0 N–H and O–H groups in total. The summed E-state index contributed by atoms with van der Waals surface area (Å²) in [6.45, 7) is 1.94. The summed E-state index contributed by atoms with van der Waals surface area (Å²) in [4.78, 5) is 0.276. The molecule has 4 heteroatoms. The van der Waals surface area contributed by atoms with Gasteiger partial charge < -0.3 is 0 Å². The minimum Gasteiger partial charge on any atom is -0.263 e. The number of fused-ring (bicyclic) bond motifs is 2. The highest BCUT2D eigenvalue weighted by Crippen LogP contribution is 2.44. The molecule has 19 heavy (non-hydrogen) atoms. The van der Waals surface area contributed by atoms with Crippen LogP contribution in [0.25, 0.3) is 0 Å². The monoisotopic (exact) mass is 280 g/mol. The van der Waals surface area contributed by atoms with Crippen molar-refractivity contribution in [1.29, 1.82) is 0 Å². The minimum absolute atomic E-state index is 0.106. The molecule has 0 radical (unpaired) electrons. The maximum absolute atomic E-state index is 12.3. The Hall–Kier alpha value is -0.870. The minimum atomic E-state index is -3.60. The SMILES string of the molecule is Cc1ccc(S(=O)(=O)O[C@@H]2CC[C@@H]3CC[C@H]2C3)cc1. The smallest absolute Gasteiger partial charge is 0.263 e. The topological polar surface area (TPSA) is 43.4 Å². The first-order valence-electron chi connectivity index (χ1n) is 7.04. The largest absolute Gasteiger partial charge is 0.297 e. The van der Waals surface area contributed by atoms with Crippen LogP contribution in [0.4, 0.5) is 0 Å². The predicted molar refractivity (Wildman–Crippen MR) is 73.3 cm³/mol. The Morgan fingerprint density at radius 3 is 2.47 bits per heavy atom. The molecule has 3 rings (SSSR count). The van der Waals surface area contributed by atoms with Crippen LogP contribution in [0.15, 0.2) is 29.2 Å². The van der Waals surface area contributed by atoms with Gasteiger partial charge in [0.05, 0.1) is 11.0 Å². The Morgan fingerprint density at radius 1 is 1.05 bits per heavy atom. The average Bonchev–Trinajstić information content (AvgIpc) is 2.76. The molecule has 1 aromatic carbocycles. The van der Waals surface area contributed by atoms with E-state index in [2.05, 4.69) is 0 Å². The van der Waals surface area contributed by atoms with Crippen molar-refractivity contribution in [1.82, 2.24) is 0 Å². The quantitative estimate of drug-likeness (QED) is 0.798. The lowest BCUT2D eigenvalue weighted by atomic mass is 9.87. The van der Waals surface area contributed by atoms with Gasteiger partial charge >= 0.3 is 0 Å². The van der Waals surface area contributed by atoms with Crippen LogP contribution >= 0.6 is 0 Å². The number of aryl methyl sites for hydroxylation is 1. The van der Waals surface area contributed by atoms with Crippen molar-refractivity contribution in [3.63, 3.8) is 0 Å². The molecule has 2 saturated carbocycles. The van der Waals surface area contributed by atoms with Crippen LogP contribution in [-0.4, -0.2) is 14.5 Å². The van der Waals surface area contributed by atoms with Crippen LogP contribution in [0.3, 0.4) is 0 Å². The molecule has 0 aromatic heterocycles. The predicted octanol–water partition coefficient (Wildman–Crippen LogP) is 3.28. The Bertz CT molecular complexity index is 547. The zero-order valence-electron chi connectivity index (χ0n) is 11.2. The molecule has 2 aliphatic carbocycles. The highest BCUT2D eigenvalue weighted by molar-refractivity contribution is 7.86. The summed E-state index contributed by atoms with van der Waals surface area (Å²) >= 11 is 0. The maximum atomic E-state index is 12.3. The van der Waals surface area contributed by atoms with E-state index >= 15 is 0 Å². The zero-order chi connectivity index (χ0) is 13.5. The van der Waals surface area contributed by atoms with Crippen molar-refractivity contribution in [3.8, 4) is 0 Å². The zero-order valence-corrected chi connectivity index (χ0v) is 12.0. The van der Waals surface area contributed by atoms with Crippen LogP contribution < -0.4 is 0 Å². The van der Waals surface area contributed by atoms with Crippen molar-refractivity contribution in [2.24, 2.45) is 11.8 Å². The van der Waals surface area contributed by atoms with E-state index < -0.39 is 10.1 Å². The molecule has 0 aliphatic heterocycles. The first-order valence-corrected chi connectivity index (χ1v) is 8.45. The number of rotatable bonds is 3. The molecule has 2 fully saturated rings. The van der Waals surface area contributed by atoms with Crippen LogP contribution in [0.2, 0.25) is 0 Å². The number of hydrogen-bond donors (Lipinski definition) is 0. The molecule has 0 amide bonds. The van der Waals surface area contributed by atoms with Gasteiger partial charge in [-0.25, -0.2) is 0 Å². The molecule has 0 saturated heterocycles. The Kier molecular flexibility index (Phi) is 3.39. The van der Waals surface area contributed by atoms with Gasteiger partial charge in [-0.2, -0.15) is 8.42 Å². The third-order valence-electron chi connectivity index (χ3n) is 4.53. The average molecular weight is 280 g/mol. The lowest BCUT2D eigenvalue weighted by molar-refractivity contribution is 0.106. The molecular weight excluding hydrogens is 260 g/mol. The van der Waals surface area contributed by atoms with Crippen molar-refractivity contribution in [3.05, 3.63) is 29.8 Å². The van der Waals surface area contributed by atoms with E-state index in [0.29, 0.717) is 5.92 Å². The molecule has 2 bridgehead atoms. The normalized spacial score (nSPS) is 30.5. The van der Waals surface area contributed by atoms with E-state index in [-0.39, 0.29) is 11.0 Å². The van der Waals surface area contributed by atoms with E-state index in [9.17, 15) is 8.42 Å². The highest BCUT2D eigenvalue weighted by Gasteiger charge is 2.38. The standard InChI is InChI=1S/C15H20O3S/c1-11-2-7-14(8-3-11)19(16,17)18-15-9-5-12-4-6-13(15)10-12/h2-3,7-8,12-13,15H,4-6,9-10H2,1H3/t12-,13-,15+/m0/s1. The summed E-state index contributed by atoms with van der Waals surface area (Å²) in [5.41, 5.74) is 1.05. The second kappa shape index (κ2) is 4.91. The number of benzene rings is 1. The van der Waals surface area contributed by atoms with Crippen LogP contribution in [0.5, 0.6) is 0 Å². The van der Waals surface area contributed by atoms with E-state index in [1.54, 1.807) is 12.1 Å². The summed E-state index contributed by atoms with van der Waals surface area (Å²) in [7, 11) is -3.60. The lowest BCUT2D eigenvalue weighted by Crippen LogP contribution is -2.28. The van der Waals surface area contributed by atoms with Crippen molar-refractivity contribution in [2.45, 2.75) is 50.0 Å². The second-order valence-corrected chi connectivity index (χ2v) is 7.49. The van der Waals surface area contributed by atoms with Crippen LogP contribution in [0, 0.1) is 18.8 Å². The van der Waals surface area contributed by atoms with Gasteiger partial charge in [-0.05, 0) is 56.6 Å². The summed E-state index contributed by atoms with van der Waals surface area (Å²) in [5.74, 6) is 1.26. The first kappa shape index (κ1) is 13.1.